The van der Waals surface area contributed by atoms with Crippen molar-refractivity contribution in [1.82, 2.24) is 0 Å². The first-order valence-electron chi connectivity index (χ1n) is 5.19. The highest BCUT2D eigenvalue weighted by molar-refractivity contribution is 5.62. The van der Waals surface area contributed by atoms with Crippen LogP contribution in [0.4, 0.5) is 11.4 Å². The van der Waals surface area contributed by atoms with Crippen LogP contribution >= 0.6 is 0 Å². The van der Waals surface area contributed by atoms with Crippen molar-refractivity contribution in [3.63, 3.8) is 0 Å². The van der Waals surface area contributed by atoms with Crippen molar-refractivity contribution in [1.29, 1.82) is 0 Å². The fraction of sp³-hybridized carbons (Fsp3) is 0.455. The van der Waals surface area contributed by atoms with E-state index in [1.807, 2.05) is 0 Å². The zero-order valence-electron chi connectivity index (χ0n) is 8.48. The largest absolute Gasteiger partial charge is 0.366 e. The van der Waals surface area contributed by atoms with Crippen LogP contribution in [-0.2, 0) is 0 Å². The van der Waals surface area contributed by atoms with Gasteiger partial charge in [-0.1, -0.05) is 6.07 Å². The molecule has 15 heavy (non-hydrogen) atoms. The van der Waals surface area contributed by atoms with Gasteiger partial charge in [0, 0.05) is 13.1 Å². The van der Waals surface area contributed by atoms with E-state index in [1.165, 1.54) is 6.42 Å². The Morgan fingerprint density at radius 1 is 1.33 bits per heavy atom. The maximum absolute atomic E-state index is 10.8. The number of hydrogen-bond acceptors (Lipinski definition) is 3. The lowest BCUT2D eigenvalue weighted by atomic mass is 10.1. The predicted molar refractivity (Wildman–Crippen MR) is 58.0 cm³/mol. The molecule has 4 nitrogen and oxygen atoms in total. The van der Waals surface area contributed by atoms with Gasteiger partial charge in [0.05, 0.1) is 11.0 Å². The van der Waals surface area contributed by atoms with E-state index in [2.05, 4.69) is 11.0 Å². The molecule has 0 amide bonds. The number of benzene rings is 1. The maximum atomic E-state index is 10.8. The van der Waals surface area contributed by atoms with Crippen LogP contribution in [0.25, 0.3) is 0 Å². The zero-order valence-corrected chi connectivity index (χ0v) is 8.48. The van der Waals surface area contributed by atoms with Crippen molar-refractivity contribution in [3.05, 3.63) is 34.4 Å². The standard InChI is InChI=1S/C11H13N2O2/c14-13(15)11-7-3-2-6-10(11)12-8-4-1-5-9-12/h2-3,6H,1,4-5,8-9H2. The van der Waals surface area contributed by atoms with E-state index in [0.717, 1.165) is 25.9 Å². The van der Waals surface area contributed by atoms with Crippen molar-refractivity contribution >= 4 is 11.4 Å². The van der Waals surface area contributed by atoms with Gasteiger partial charge in [-0.15, -0.1) is 0 Å². The van der Waals surface area contributed by atoms with Crippen LogP contribution < -0.4 is 4.90 Å². The van der Waals surface area contributed by atoms with Crippen molar-refractivity contribution in [2.24, 2.45) is 0 Å². The van der Waals surface area contributed by atoms with E-state index >= 15 is 0 Å². The van der Waals surface area contributed by atoms with Gasteiger partial charge in [-0.3, -0.25) is 10.1 Å². The molecule has 0 saturated carbocycles. The highest BCUT2D eigenvalue weighted by Gasteiger charge is 2.20. The van der Waals surface area contributed by atoms with E-state index in [4.69, 9.17) is 0 Å². The number of nitro benzene ring substituents is 1. The van der Waals surface area contributed by atoms with Crippen LogP contribution in [-0.4, -0.2) is 18.0 Å². The van der Waals surface area contributed by atoms with Crippen molar-refractivity contribution < 1.29 is 4.92 Å². The van der Waals surface area contributed by atoms with E-state index < -0.39 is 0 Å². The van der Waals surface area contributed by atoms with Gasteiger partial charge < -0.3 is 4.90 Å². The first-order chi connectivity index (χ1) is 7.29. The Kier molecular flexibility index (Phi) is 2.85. The lowest BCUT2D eigenvalue weighted by Crippen LogP contribution is -2.29. The van der Waals surface area contributed by atoms with Gasteiger partial charge >= 0.3 is 5.69 Å². The quantitative estimate of drug-likeness (QED) is 0.550. The Hall–Kier alpha value is -1.58. The SMILES string of the molecule is O=[N+]([O-])c1[c]cccc1N1CCCCC1. The molecule has 0 unspecified atom stereocenters. The number of anilines is 1. The average molecular weight is 205 g/mol. The topological polar surface area (TPSA) is 46.4 Å². The van der Waals surface area contributed by atoms with E-state index in [-0.39, 0.29) is 10.6 Å². The van der Waals surface area contributed by atoms with Crippen LogP contribution in [0.1, 0.15) is 19.3 Å². The smallest absolute Gasteiger partial charge is 0.300 e. The Balaban J connectivity index is 2.29. The van der Waals surface area contributed by atoms with Crippen molar-refractivity contribution in [2.45, 2.75) is 19.3 Å². The molecule has 0 N–H and O–H groups in total. The third kappa shape index (κ3) is 2.09. The highest BCUT2D eigenvalue weighted by atomic mass is 16.6. The Bertz CT molecular complexity index is 359. The molecule has 4 heteroatoms. The molecule has 1 heterocycles. The number of piperidine rings is 1. The molecular weight excluding hydrogens is 192 g/mol. The van der Waals surface area contributed by atoms with Gasteiger partial charge in [0.1, 0.15) is 5.69 Å². The minimum atomic E-state index is -0.357. The molecule has 0 aromatic heterocycles. The summed E-state index contributed by atoms with van der Waals surface area (Å²) in [5.74, 6) is 0. The van der Waals surface area contributed by atoms with Crippen molar-refractivity contribution in [3.8, 4) is 0 Å². The molecule has 1 saturated heterocycles. The molecule has 0 spiro atoms. The lowest BCUT2D eigenvalue weighted by molar-refractivity contribution is -0.384. The predicted octanol–water partition coefficient (Wildman–Crippen LogP) is 2.39. The number of nitrogens with zero attached hydrogens (tertiary/aromatic N) is 2. The minimum Gasteiger partial charge on any atom is -0.366 e. The lowest BCUT2D eigenvalue weighted by Gasteiger charge is -2.28. The Morgan fingerprint density at radius 3 is 2.73 bits per heavy atom. The highest BCUT2D eigenvalue weighted by Crippen LogP contribution is 2.29. The number of nitro groups is 1. The van der Waals surface area contributed by atoms with Crippen LogP contribution in [0.3, 0.4) is 0 Å². The summed E-state index contributed by atoms with van der Waals surface area (Å²) in [6.07, 6.45) is 3.46. The summed E-state index contributed by atoms with van der Waals surface area (Å²) >= 11 is 0. The molecule has 1 aromatic rings. The molecular formula is C11H13N2O2. The summed E-state index contributed by atoms with van der Waals surface area (Å²) in [5.41, 5.74) is 0.807. The van der Waals surface area contributed by atoms with Crippen LogP contribution in [0.15, 0.2) is 18.2 Å². The monoisotopic (exact) mass is 205 g/mol. The minimum absolute atomic E-state index is 0.0967. The average Bonchev–Trinajstić information content (AvgIpc) is 2.30. The first-order valence-corrected chi connectivity index (χ1v) is 5.19. The van der Waals surface area contributed by atoms with Crippen LogP contribution in [0.2, 0.25) is 0 Å². The van der Waals surface area contributed by atoms with Crippen LogP contribution in [0.5, 0.6) is 0 Å². The van der Waals surface area contributed by atoms with Gasteiger partial charge in [-0.05, 0) is 31.4 Å². The third-order valence-electron chi connectivity index (χ3n) is 2.69. The summed E-state index contributed by atoms with van der Waals surface area (Å²) in [4.78, 5) is 12.5. The van der Waals surface area contributed by atoms with E-state index in [0.29, 0.717) is 5.69 Å². The second-order valence-electron chi connectivity index (χ2n) is 3.71. The second-order valence-corrected chi connectivity index (χ2v) is 3.71. The van der Waals surface area contributed by atoms with Gasteiger partial charge in [-0.2, -0.15) is 0 Å². The van der Waals surface area contributed by atoms with Gasteiger partial charge in [0.25, 0.3) is 0 Å². The fourth-order valence-corrected chi connectivity index (χ4v) is 1.96. The Morgan fingerprint density at radius 2 is 2.07 bits per heavy atom. The molecule has 1 aromatic carbocycles. The second kappa shape index (κ2) is 4.29. The summed E-state index contributed by atoms with van der Waals surface area (Å²) in [5, 5.41) is 10.8. The number of hydrogen-bond donors (Lipinski definition) is 0. The summed E-state index contributed by atoms with van der Waals surface area (Å²) < 4.78 is 0. The van der Waals surface area contributed by atoms with Crippen molar-refractivity contribution in [2.75, 3.05) is 18.0 Å². The number of rotatable bonds is 2. The molecule has 1 aliphatic rings. The summed E-state index contributed by atoms with van der Waals surface area (Å²) in [6, 6.07) is 7.89. The van der Waals surface area contributed by atoms with Gasteiger partial charge in [0.2, 0.25) is 0 Å². The molecule has 1 aliphatic heterocycles. The van der Waals surface area contributed by atoms with Gasteiger partial charge in [-0.25, -0.2) is 0 Å². The molecule has 0 atom stereocenters. The molecule has 0 bridgehead atoms. The third-order valence-corrected chi connectivity index (χ3v) is 2.69. The zero-order chi connectivity index (χ0) is 10.7. The van der Waals surface area contributed by atoms with E-state index in [9.17, 15) is 10.1 Å². The molecule has 79 valence electrons. The summed E-state index contributed by atoms with van der Waals surface area (Å²) in [6.45, 7) is 1.83. The Labute approximate surface area is 88.7 Å². The maximum Gasteiger partial charge on any atom is 0.300 e. The first kappa shape index (κ1) is 9.96. The van der Waals surface area contributed by atoms with Gasteiger partial charge in [0.15, 0.2) is 0 Å². The molecule has 1 fully saturated rings. The molecule has 0 aliphatic carbocycles. The molecule has 2 rings (SSSR count). The summed E-state index contributed by atoms with van der Waals surface area (Å²) in [7, 11) is 0. The normalized spacial score (nSPS) is 16.4. The number of para-hydroxylation sites is 1. The molecule has 1 radical (unpaired) electrons. The fourth-order valence-electron chi connectivity index (χ4n) is 1.96. The van der Waals surface area contributed by atoms with E-state index in [1.54, 1.807) is 18.2 Å². The van der Waals surface area contributed by atoms with Crippen LogP contribution in [0, 0.1) is 16.2 Å².